The summed E-state index contributed by atoms with van der Waals surface area (Å²) in [6.45, 7) is 5.20. The summed E-state index contributed by atoms with van der Waals surface area (Å²) in [7, 11) is 0. The molecule has 0 unspecified atom stereocenters. The van der Waals surface area contributed by atoms with E-state index in [0.717, 1.165) is 24.7 Å². The van der Waals surface area contributed by atoms with Gasteiger partial charge in [0.2, 0.25) is 5.89 Å². The van der Waals surface area contributed by atoms with Crippen LogP contribution in [0.2, 0.25) is 0 Å². The number of aromatic nitrogens is 2. The molecule has 1 aromatic heterocycles. The first-order valence-corrected chi connectivity index (χ1v) is 5.34. The molecule has 4 heteroatoms. The normalized spacial score (nSPS) is 22.9. The molecule has 0 bridgehead atoms. The van der Waals surface area contributed by atoms with Gasteiger partial charge in [-0.2, -0.15) is 4.98 Å². The predicted octanol–water partition coefficient (Wildman–Crippen LogP) is 2.01. The Balaban J connectivity index is 2.07. The second-order valence-electron chi connectivity index (χ2n) is 4.15. The topological polar surface area (TPSA) is 51.0 Å². The lowest BCUT2D eigenvalue weighted by Crippen LogP contribution is -2.27. The lowest BCUT2D eigenvalue weighted by atomic mass is 10.1. The molecule has 1 atom stereocenters. The lowest BCUT2D eigenvalue weighted by Gasteiger charge is -2.19. The van der Waals surface area contributed by atoms with E-state index < -0.39 is 0 Å². The van der Waals surface area contributed by atoms with Gasteiger partial charge in [0.25, 0.3) is 0 Å². The summed E-state index contributed by atoms with van der Waals surface area (Å²) in [5.41, 5.74) is 0. The highest BCUT2D eigenvalue weighted by Crippen LogP contribution is 2.22. The minimum atomic E-state index is 0.281. The molecule has 2 heterocycles. The van der Waals surface area contributed by atoms with E-state index in [4.69, 9.17) is 4.52 Å². The molecular formula is C10H17N3O. The van der Waals surface area contributed by atoms with E-state index in [1.807, 2.05) is 0 Å². The molecule has 4 nitrogen and oxygen atoms in total. The fourth-order valence-electron chi connectivity index (χ4n) is 1.69. The average molecular weight is 195 g/mol. The molecule has 1 fully saturated rings. The lowest BCUT2D eigenvalue weighted by molar-refractivity contribution is 0.295. The number of piperidine rings is 1. The van der Waals surface area contributed by atoms with Crippen molar-refractivity contribution in [3.05, 3.63) is 11.7 Å². The van der Waals surface area contributed by atoms with Crippen LogP contribution >= 0.6 is 0 Å². The van der Waals surface area contributed by atoms with Gasteiger partial charge in [0.1, 0.15) is 0 Å². The second kappa shape index (κ2) is 4.09. The standard InChI is InChI=1S/C10H17N3O/c1-7(2)9-12-10(14-13-9)8-5-3-4-6-11-8/h7-8,11H,3-6H2,1-2H3/t8-/m0/s1. The third kappa shape index (κ3) is 1.95. The van der Waals surface area contributed by atoms with Gasteiger partial charge in [0.15, 0.2) is 5.82 Å². The summed E-state index contributed by atoms with van der Waals surface area (Å²) in [5.74, 6) is 1.91. The molecule has 1 saturated heterocycles. The van der Waals surface area contributed by atoms with Crippen LogP contribution in [0, 0.1) is 0 Å². The molecule has 1 N–H and O–H groups in total. The van der Waals surface area contributed by atoms with E-state index in [9.17, 15) is 0 Å². The summed E-state index contributed by atoms with van der Waals surface area (Å²) >= 11 is 0. The maximum absolute atomic E-state index is 5.24. The van der Waals surface area contributed by atoms with Crippen LogP contribution in [0.25, 0.3) is 0 Å². The molecule has 78 valence electrons. The molecule has 0 saturated carbocycles. The predicted molar refractivity (Wildman–Crippen MR) is 53.0 cm³/mol. The van der Waals surface area contributed by atoms with Crippen molar-refractivity contribution in [2.45, 2.75) is 45.1 Å². The summed E-state index contributed by atoms with van der Waals surface area (Å²) in [6.07, 6.45) is 3.61. The van der Waals surface area contributed by atoms with Crippen LogP contribution in [0.15, 0.2) is 4.52 Å². The molecule has 1 aromatic rings. The number of hydrogen-bond acceptors (Lipinski definition) is 4. The minimum absolute atomic E-state index is 0.281. The molecule has 1 aliphatic rings. The SMILES string of the molecule is CC(C)c1noc([C@@H]2CCCCN2)n1. The summed E-state index contributed by atoms with van der Waals surface area (Å²) in [4.78, 5) is 4.39. The zero-order valence-electron chi connectivity index (χ0n) is 8.79. The number of hydrogen-bond donors (Lipinski definition) is 1. The van der Waals surface area contributed by atoms with E-state index in [1.165, 1.54) is 12.8 Å². The van der Waals surface area contributed by atoms with Crippen molar-refractivity contribution in [3.8, 4) is 0 Å². The molecule has 1 aliphatic heterocycles. The fraction of sp³-hybridized carbons (Fsp3) is 0.800. The van der Waals surface area contributed by atoms with E-state index >= 15 is 0 Å². The van der Waals surface area contributed by atoms with Crippen molar-refractivity contribution >= 4 is 0 Å². The van der Waals surface area contributed by atoms with Crippen molar-refractivity contribution in [2.24, 2.45) is 0 Å². The molecule has 14 heavy (non-hydrogen) atoms. The average Bonchev–Trinajstić information content (AvgIpc) is 2.68. The largest absolute Gasteiger partial charge is 0.338 e. The van der Waals surface area contributed by atoms with Crippen molar-refractivity contribution in [1.29, 1.82) is 0 Å². The third-order valence-electron chi connectivity index (χ3n) is 2.58. The van der Waals surface area contributed by atoms with Crippen LogP contribution in [0.4, 0.5) is 0 Å². The molecule has 2 rings (SSSR count). The van der Waals surface area contributed by atoms with Gasteiger partial charge in [-0.15, -0.1) is 0 Å². The van der Waals surface area contributed by atoms with Crippen molar-refractivity contribution in [3.63, 3.8) is 0 Å². The van der Waals surface area contributed by atoms with Crippen LogP contribution in [0.3, 0.4) is 0 Å². The van der Waals surface area contributed by atoms with Gasteiger partial charge < -0.3 is 9.84 Å². The highest BCUT2D eigenvalue weighted by molar-refractivity contribution is 4.97. The van der Waals surface area contributed by atoms with Gasteiger partial charge >= 0.3 is 0 Å². The highest BCUT2D eigenvalue weighted by atomic mass is 16.5. The van der Waals surface area contributed by atoms with Gasteiger partial charge in [0, 0.05) is 5.92 Å². The summed E-state index contributed by atoms with van der Waals surface area (Å²) in [5, 5.41) is 7.36. The Morgan fingerprint density at radius 3 is 2.86 bits per heavy atom. The van der Waals surface area contributed by atoms with Gasteiger partial charge in [-0.05, 0) is 19.4 Å². The molecule has 0 spiro atoms. The first-order chi connectivity index (χ1) is 6.77. The first-order valence-electron chi connectivity index (χ1n) is 5.34. The van der Waals surface area contributed by atoms with Gasteiger partial charge in [-0.1, -0.05) is 25.4 Å². The number of nitrogens with one attached hydrogen (secondary N) is 1. The summed E-state index contributed by atoms with van der Waals surface area (Å²) < 4.78 is 5.24. The van der Waals surface area contributed by atoms with E-state index in [1.54, 1.807) is 0 Å². The Labute approximate surface area is 84.1 Å². The van der Waals surface area contributed by atoms with Gasteiger partial charge in [0.05, 0.1) is 6.04 Å². The Hall–Kier alpha value is -0.900. The van der Waals surface area contributed by atoms with E-state index in [2.05, 4.69) is 29.3 Å². The monoisotopic (exact) mass is 195 g/mol. The zero-order valence-corrected chi connectivity index (χ0v) is 8.79. The molecule has 0 aromatic carbocycles. The van der Waals surface area contributed by atoms with E-state index in [0.29, 0.717) is 5.92 Å². The minimum Gasteiger partial charge on any atom is -0.338 e. The molecular weight excluding hydrogens is 178 g/mol. The molecule has 0 amide bonds. The first kappa shape index (κ1) is 9.65. The van der Waals surface area contributed by atoms with Crippen LogP contribution in [-0.2, 0) is 0 Å². The fourth-order valence-corrected chi connectivity index (χ4v) is 1.69. The van der Waals surface area contributed by atoms with Crippen LogP contribution < -0.4 is 5.32 Å². The summed E-state index contributed by atoms with van der Waals surface area (Å²) in [6, 6.07) is 0.281. The molecule has 0 aliphatic carbocycles. The Morgan fingerprint density at radius 1 is 1.43 bits per heavy atom. The maximum atomic E-state index is 5.24. The van der Waals surface area contributed by atoms with Crippen LogP contribution in [0.5, 0.6) is 0 Å². The maximum Gasteiger partial charge on any atom is 0.243 e. The van der Waals surface area contributed by atoms with E-state index in [-0.39, 0.29) is 6.04 Å². The molecule has 0 radical (unpaired) electrons. The van der Waals surface area contributed by atoms with Crippen LogP contribution in [0.1, 0.15) is 56.8 Å². The van der Waals surface area contributed by atoms with Crippen molar-refractivity contribution < 1.29 is 4.52 Å². The number of nitrogens with zero attached hydrogens (tertiary/aromatic N) is 2. The van der Waals surface area contributed by atoms with Gasteiger partial charge in [-0.3, -0.25) is 0 Å². The van der Waals surface area contributed by atoms with Crippen LogP contribution in [-0.4, -0.2) is 16.7 Å². The smallest absolute Gasteiger partial charge is 0.243 e. The highest BCUT2D eigenvalue weighted by Gasteiger charge is 2.21. The quantitative estimate of drug-likeness (QED) is 0.784. The van der Waals surface area contributed by atoms with Crippen molar-refractivity contribution in [2.75, 3.05) is 6.54 Å². The number of rotatable bonds is 2. The van der Waals surface area contributed by atoms with Gasteiger partial charge in [-0.25, -0.2) is 0 Å². The Bertz CT molecular complexity index is 289. The van der Waals surface area contributed by atoms with Crippen molar-refractivity contribution in [1.82, 2.24) is 15.5 Å². The second-order valence-corrected chi connectivity index (χ2v) is 4.15. The third-order valence-corrected chi connectivity index (χ3v) is 2.58. The zero-order chi connectivity index (χ0) is 9.97. The Kier molecular flexibility index (Phi) is 2.82. The Morgan fingerprint density at radius 2 is 2.29 bits per heavy atom.